The molecule has 1 aromatic carbocycles. The van der Waals surface area contributed by atoms with E-state index in [1.165, 1.54) is 0 Å². The summed E-state index contributed by atoms with van der Waals surface area (Å²) in [6.07, 6.45) is 3.10. The number of aliphatic imine (C=N–C) groups is 1. The van der Waals surface area contributed by atoms with Gasteiger partial charge in [0.05, 0.1) is 5.69 Å². The average molecular weight is 222 g/mol. The van der Waals surface area contributed by atoms with Gasteiger partial charge in [-0.05, 0) is 37.1 Å². The number of benzene rings is 1. The topological polar surface area (TPSA) is 29.4 Å². The molecule has 78 valence electrons. The molecule has 3 heteroatoms. The minimum atomic E-state index is 0.300. The molecule has 1 aliphatic carbocycles. The number of carbonyl (C=O) groups is 1. The van der Waals surface area contributed by atoms with Crippen LogP contribution in [0.5, 0.6) is 0 Å². The van der Waals surface area contributed by atoms with E-state index in [-0.39, 0.29) is 0 Å². The molecule has 0 aromatic heterocycles. The Kier molecular flexibility index (Phi) is 3.17. The van der Waals surface area contributed by atoms with Crippen molar-refractivity contribution in [2.75, 3.05) is 0 Å². The molecule has 1 aliphatic rings. The third-order valence-electron chi connectivity index (χ3n) is 2.44. The van der Waals surface area contributed by atoms with Crippen LogP contribution in [0.2, 0.25) is 5.02 Å². The second-order valence-corrected chi connectivity index (χ2v) is 4.16. The highest BCUT2D eigenvalue weighted by Gasteiger charge is 2.13. The fourth-order valence-electron chi connectivity index (χ4n) is 1.69. The fraction of sp³-hybridized carbons (Fsp3) is 0.333. The molecular weight excluding hydrogens is 210 g/mol. The number of halogens is 1. The van der Waals surface area contributed by atoms with E-state index in [1.807, 2.05) is 24.3 Å². The smallest absolute Gasteiger partial charge is 0.138 e. The highest BCUT2D eigenvalue weighted by molar-refractivity contribution is 6.30. The van der Waals surface area contributed by atoms with Gasteiger partial charge in [-0.25, -0.2) is 0 Å². The predicted molar refractivity (Wildman–Crippen MR) is 62.0 cm³/mol. The van der Waals surface area contributed by atoms with E-state index in [2.05, 4.69) is 4.99 Å². The van der Waals surface area contributed by atoms with Crippen LogP contribution in [0.3, 0.4) is 0 Å². The molecule has 0 heterocycles. The molecule has 0 atom stereocenters. The Morgan fingerprint density at radius 2 is 1.87 bits per heavy atom. The number of ketones is 1. The summed E-state index contributed by atoms with van der Waals surface area (Å²) in [5.41, 5.74) is 1.87. The molecule has 0 saturated heterocycles. The molecule has 2 nitrogen and oxygen atoms in total. The Labute approximate surface area is 94.0 Å². The van der Waals surface area contributed by atoms with E-state index < -0.39 is 0 Å². The summed E-state index contributed by atoms with van der Waals surface area (Å²) >= 11 is 5.78. The Balaban J connectivity index is 2.15. The normalized spacial score (nSPS) is 19.5. The van der Waals surface area contributed by atoms with E-state index in [4.69, 9.17) is 11.6 Å². The van der Waals surface area contributed by atoms with Crippen LogP contribution in [0, 0.1) is 0 Å². The van der Waals surface area contributed by atoms with Gasteiger partial charge in [-0.1, -0.05) is 11.6 Å². The lowest BCUT2D eigenvalue weighted by Crippen LogP contribution is -2.13. The van der Waals surface area contributed by atoms with Crippen LogP contribution in [0.4, 0.5) is 5.69 Å². The van der Waals surface area contributed by atoms with Crippen molar-refractivity contribution in [3.63, 3.8) is 0 Å². The SMILES string of the molecule is O=C1CCCC(=Nc2ccc(Cl)cc2)C1. The molecule has 0 bridgehead atoms. The van der Waals surface area contributed by atoms with Crippen molar-refractivity contribution >= 4 is 28.8 Å². The van der Waals surface area contributed by atoms with Gasteiger partial charge in [0.15, 0.2) is 0 Å². The zero-order valence-electron chi connectivity index (χ0n) is 8.37. The van der Waals surface area contributed by atoms with Crippen LogP contribution < -0.4 is 0 Å². The van der Waals surface area contributed by atoms with Crippen LogP contribution >= 0.6 is 11.6 Å². The number of rotatable bonds is 1. The average Bonchev–Trinajstić information content (AvgIpc) is 2.22. The molecule has 1 fully saturated rings. The molecule has 0 amide bonds. The van der Waals surface area contributed by atoms with Gasteiger partial charge in [0.2, 0.25) is 0 Å². The van der Waals surface area contributed by atoms with Crippen LogP contribution in [0.1, 0.15) is 25.7 Å². The van der Waals surface area contributed by atoms with E-state index in [0.717, 1.165) is 24.2 Å². The molecule has 0 radical (unpaired) electrons. The highest BCUT2D eigenvalue weighted by Crippen LogP contribution is 2.20. The summed E-state index contributed by atoms with van der Waals surface area (Å²) in [4.78, 5) is 15.7. The van der Waals surface area contributed by atoms with Crippen molar-refractivity contribution in [1.82, 2.24) is 0 Å². The van der Waals surface area contributed by atoms with Crippen LogP contribution in [0.15, 0.2) is 29.3 Å². The summed E-state index contributed by atoms with van der Waals surface area (Å²) in [6, 6.07) is 7.36. The molecule has 0 spiro atoms. The molecule has 0 aliphatic heterocycles. The van der Waals surface area contributed by atoms with E-state index in [1.54, 1.807) is 0 Å². The van der Waals surface area contributed by atoms with Gasteiger partial charge in [-0.15, -0.1) is 0 Å². The Bertz CT molecular complexity index is 395. The standard InChI is InChI=1S/C12H12ClNO/c13-9-4-6-10(7-5-9)14-11-2-1-3-12(15)8-11/h4-7H,1-3,8H2. The number of carbonyl (C=O) groups excluding carboxylic acids is 1. The maximum atomic E-state index is 11.2. The third kappa shape index (κ3) is 2.90. The van der Waals surface area contributed by atoms with Crippen LogP contribution in [0.25, 0.3) is 0 Å². The summed E-state index contributed by atoms with van der Waals surface area (Å²) in [5, 5.41) is 0.707. The molecule has 0 N–H and O–H groups in total. The Hall–Kier alpha value is -1.15. The van der Waals surface area contributed by atoms with Gasteiger partial charge in [-0.2, -0.15) is 0 Å². The lowest BCUT2D eigenvalue weighted by molar-refractivity contribution is -0.118. The van der Waals surface area contributed by atoms with Crippen molar-refractivity contribution in [2.45, 2.75) is 25.7 Å². The third-order valence-corrected chi connectivity index (χ3v) is 2.69. The van der Waals surface area contributed by atoms with E-state index in [9.17, 15) is 4.79 Å². The first-order valence-electron chi connectivity index (χ1n) is 5.08. The maximum absolute atomic E-state index is 11.2. The summed E-state index contributed by atoms with van der Waals surface area (Å²) in [5.74, 6) is 0.300. The minimum Gasteiger partial charge on any atom is -0.299 e. The largest absolute Gasteiger partial charge is 0.299 e. The van der Waals surface area contributed by atoms with Crippen molar-refractivity contribution < 1.29 is 4.79 Å². The number of nitrogens with zero attached hydrogens (tertiary/aromatic N) is 1. The number of hydrogen-bond acceptors (Lipinski definition) is 2. The lowest BCUT2D eigenvalue weighted by Gasteiger charge is -2.11. The van der Waals surface area contributed by atoms with Gasteiger partial charge in [0.25, 0.3) is 0 Å². The molecule has 1 aromatic rings. The van der Waals surface area contributed by atoms with Crippen molar-refractivity contribution in [3.05, 3.63) is 29.3 Å². The fourth-order valence-corrected chi connectivity index (χ4v) is 1.81. The summed E-state index contributed by atoms with van der Waals surface area (Å²) in [7, 11) is 0. The van der Waals surface area contributed by atoms with E-state index in [0.29, 0.717) is 23.6 Å². The second-order valence-electron chi connectivity index (χ2n) is 3.72. The zero-order chi connectivity index (χ0) is 10.7. The monoisotopic (exact) mass is 221 g/mol. The molecular formula is C12H12ClNO. The lowest BCUT2D eigenvalue weighted by atomic mass is 9.97. The van der Waals surface area contributed by atoms with E-state index >= 15 is 0 Å². The molecule has 2 rings (SSSR count). The first kappa shape index (κ1) is 10.4. The van der Waals surface area contributed by atoms with Crippen molar-refractivity contribution in [3.8, 4) is 0 Å². The number of Topliss-reactive ketones (excluding diaryl/α,β-unsaturated/α-hetero) is 1. The zero-order valence-corrected chi connectivity index (χ0v) is 9.13. The van der Waals surface area contributed by atoms with Crippen LogP contribution in [-0.4, -0.2) is 11.5 Å². The number of hydrogen-bond donors (Lipinski definition) is 0. The summed E-state index contributed by atoms with van der Waals surface area (Å²) < 4.78 is 0. The maximum Gasteiger partial charge on any atom is 0.138 e. The van der Waals surface area contributed by atoms with Crippen molar-refractivity contribution in [2.24, 2.45) is 4.99 Å². The predicted octanol–water partition coefficient (Wildman–Crippen LogP) is 3.56. The van der Waals surface area contributed by atoms with Crippen molar-refractivity contribution in [1.29, 1.82) is 0 Å². The van der Waals surface area contributed by atoms with Gasteiger partial charge in [-0.3, -0.25) is 9.79 Å². The highest BCUT2D eigenvalue weighted by atomic mass is 35.5. The summed E-state index contributed by atoms with van der Waals surface area (Å²) in [6.45, 7) is 0. The van der Waals surface area contributed by atoms with Gasteiger partial charge in [0.1, 0.15) is 5.78 Å². The molecule has 1 saturated carbocycles. The van der Waals surface area contributed by atoms with Gasteiger partial charge < -0.3 is 0 Å². The van der Waals surface area contributed by atoms with Crippen LogP contribution in [-0.2, 0) is 4.79 Å². The Morgan fingerprint density at radius 1 is 1.13 bits per heavy atom. The van der Waals surface area contributed by atoms with Gasteiger partial charge >= 0.3 is 0 Å². The van der Waals surface area contributed by atoms with Gasteiger partial charge in [0, 0.05) is 23.6 Å². The molecule has 0 unspecified atom stereocenters. The molecule has 15 heavy (non-hydrogen) atoms. The first-order valence-corrected chi connectivity index (χ1v) is 5.45. The Morgan fingerprint density at radius 3 is 2.53 bits per heavy atom. The second kappa shape index (κ2) is 4.58. The first-order chi connectivity index (χ1) is 7.24. The quantitative estimate of drug-likeness (QED) is 0.713. The minimum absolute atomic E-state index is 0.300.